The van der Waals surface area contributed by atoms with Crippen molar-refractivity contribution < 1.29 is 0 Å². The van der Waals surface area contributed by atoms with Crippen LogP contribution in [0.4, 0.5) is 0 Å². The zero-order chi connectivity index (χ0) is 11.5. The third kappa shape index (κ3) is 7.30. The maximum Gasteiger partial charge on any atom is -0.0241 e. The van der Waals surface area contributed by atoms with Crippen LogP contribution in [0.15, 0.2) is 0 Å². The highest BCUT2D eigenvalue weighted by molar-refractivity contribution is 4.91. The van der Waals surface area contributed by atoms with E-state index in [2.05, 4.69) is 6.92 Å². The first-order valence-electron chi connectivity index (χ1n) is 7.77. The molecule has 0 saturated heterocycles. The van der Waals surface area contributed by atoms with Crippen LogP contribution in [0.5, 0.6) is 0 Å². The van der Waals surface area contributed by atoms with E-state index in [0.29, 0.717) is 0 Å². The lowest BCUT2D eigenvalue weighted by atomic mass is 9.85. The topological polar surface area (TPSA) is 0 Å². The Morgan fingerprint density at radius 1 is 0.688 bits per heavy atom. The summed E-state index contributed by atoms with van der Waals surface area (Å²) in [7, 11) is 0. The largest absolute Gasteiger partial charge is 0.0654 e. The molecule has 0 bridgehead atoms. The van der Waals surface area contributed by atoms with E-state index in [-0.39, 0.29) is 0 Å². The predicted octanol–water partition coefficient (Wildman–Crippen LogP) is 6.06. The van der Waals surface area contributed by atoms with Crippen LogP contribution in [0.2, 0.25) is 0 Å². The van der Waals surface area contributed by atoms with Crippen molar-refractivity contribution in [1.29, 1.82) is 0 Å². The van der Waals surface area contributed by atoms with Crippen molar-refractivity contribution in [2.75, 3.05) is 0 Å². The van der Waals surface area contributed by atoms with Gasteiger partial charge in [0.25, 0.3) is 0 Å². The van der Waals surface area contributed by atoms with Gasteiger partial charge in [0.1, 0.15) is 0 Å². The van der Waals surface area contributed by atoms with Gasteiger partial charge in [-0.05, 0) is 25.2 Å². The molecule has 0 spiro atoms. The summed E-state index contributed by atoms with van der Waals surface area (Å²) in [6, 6.07) is 0. The maximum atomic E-state index is 2.29. The van der Waals surface area contributed by atoms with Gasteiger partial charge >= 0.3 is 0 Å². The second kappa shape index (κ2) is 10.2. The molecule has 1 fully saturated rings. The Kier molecular flexibility index (Phi) is 8.94. The van der Waals surface area contributed by atoms with E-state index in [4.69, 9.17) is 0 Å². The molecule has 16 heavy (non-hydrogen) atoms. The lowest BCUT2D eigenvalue weighted by Crippen LogP contribution is -2.03. The van der Waals surface area contributed by atoms with Crippen molar-refractivity contribution >= 4 is 0 Å². The zero-order valence-electron chi connectivity index (χ0n) is 11.4. The average molecular weight is 223 g/mol. The van der Waals surface area contributed by atoms with Crippen LogP contribution < -0.4 is 0 Å². The molecule has 0 unspecified atom stereocenters. The number of unbranched alkanes of at least 4 members (excludes halogenated alkanes) is 7. The van der Waals surface area contributed by atoms with E-state index in [0.717, 1.165) is 0 Å². The molecule has 0 aromatic carbocycles. The molecule has 1 aliphatic carbocycles. The molecule has 0 nitrogen and oxygen atoms in total. The van der Waals surface area contributed by atoms with Crippen LogP contribution in [0, 0.1) is 5.92 Å². The highest BCUT2D eigenvalue weighted by Crippen LogP contribution is 2.29. The van der Waals surface area contributed by atoms with E-state index in [1.807, 2.05) is 5.92 Å². The summed E-state index contributed by atoms with van der Waals surface area (Å²) < 4.78 is 0. The Balaban J connectivity index is 1.77. The van der Waals surface area contributed by atoms with Crippen molar-refractivity contribution in [2.24, 2.45) is 0 Å². The first kappa shape index (κ1) is 14.1. The Bertz CT molecular complexity index is 133. The number of hydrogen-bond donors (Lipinski definition) is 0. The van der Waals surface area contributed by atoms with Crippen LogP contribution >= 0.6 is 0 Å². The molecule has 95 valence electrons. The number of rotatable bonds is 9. The van der Waals surface area contributed by atoms with Crippen molar-refractivity contribution in [2.45, 2.75) is 96.8 Å². The fourth-order valence-corrected chi connectivity index (χ4v) is 2.81. The van der Waals surface area contributed by atoms with Gasteiger partial charge in [0, 0.05) is 0 Å². The molecule has 0 aromatic heterocycles. The van der Waals surface area contributed by atoms with Crippen LogP contribution in [0.3, 0.4) is 0 Å². The Morgan fingerprint density at radius 3 is 1.88 bits per heavy atom. The summed E-state index contributed by atoms with van der Waals surface area (Å²) in [5, 5.41) is 0. The van der Waals surface area contributed by atoms with E-state index >= 15 is 0 Å². The summed E-state index contributed by atoms with van der Waals surface area (Å²) in [6.45, 7) is 2.29. The van der Waals surface area contributed by atoms with E-state index < -0.39 is 0 Å². The molecule has 0 atom stereocenters. The molecular formula is C16H31. The molecule has 1 rings (SSSR count). The summed E-state index contributed by atoms with van der Waals surface area (Å²) in [5.41, 5.74) is 0. The molecule has 0 amide bonds. The van der Waals surface area contributed by atoms with Crippen LogP contribution in [-0.4, -0.2) is 0 Å². The third-order valence-electron chi connectivity index (χ3n) is 3.94. The minimum absolute atomic E-state index is 1.37. The predicted molar refractivity (Wildman–Crippen MR) is 73.6 cm³/mol. The van der Waals surface area contributed by atoms with E-state index in [1.54, 1.807) is 0 Å². The molecule has 1 aliphatic rings. The van der Waals surface area contributed by atoms with Crippen molar-refractivity contribution in [1.82, 2.24) is 0 Å². The molecule has 0 N–H and O–H groups in total. The van der Waals surface area contributed by atoms with Crippen molar-refractivity contribution in [3.05, 3.63) is 5.92 Å². The zero-order valence-corrected chi connectivity index (χ0v) is 11.4. The van der Waals surface area contributed by atoms with Gasteiger partial charge in [-0.15, -0.1) is 0 Å². The third-order valence-corrected chi connectivity index (χ3v) is 3.94. The molecule has 0 aliphatic heterocycles. The second-order valence-electron chi connectivity index (χ2n) is 5.54. The van der Waals surface area contributed by atoms with Gasteiger partial charge in [0.15, 0.2) is 0 Å². The molecule has 1 saturated carbocycles. The number of hydrogen-bond acceptors (Lipinski definition) is 0. The monoisotopic (exact) mass is 223 g/mol. The average Bonchev–Trinajstić information content (AvgIpc) is 2.34. The highest BCUT2D eigenvalue weighted by Gasteiger charge is 2.12. The lowest BCUT2D eigenvalue weighted by molar-refractivity contribution is 0.484. The summed E-state index contributed by atoms with van der Waals surface area (Å²) >= 11 is 0. The first-order valence-corrected chi connectivity index (χ1v) is 7.77. The molecule has 1 radical (unpaired) electrons. The minimum Gasteiger partial charge on any atom is -0.0654 e. The fraction of sp³-hybridized carbons (Fsp3) is 0.938. The summed E-state index contributed by atoms with van der Waals surface area (Å²) in [5.74, 6) is 1.89. The Labute approximate surface area is 103 Å². The van der Waals surface area contributed by atoms with Gasteiger partial charge in [-0.25, -0.2) is 0 Å². The normalized spacial score (nSPS) is 17.8. The maximum absolute atomic E-state index is 2.29. The van der Waals surface area contributed by atoms with Gasteiger partial charge < -0.3 is 0 Å². The molecule has 0 heteroatoms. The van der Waals surface area contributed by atoms with Crippen LogP contribution in [0.25, 0.3) is 0 Å². The van der Waals surface area contributed by atoms with Gasteiger partial charge in [-0.3, -0.25) is 0 Å². The van der Waals surface area contributed by atoms with Crippen LogP contribution in [-0.2, 0) is 0 Å². The standard InChI is InChI=1S/C16H31/c1-2-3-4-5-6-7-8-10-13-16-14-11-9-12-15-16/h2-15H2,1H3. The molecular weight excluding hydrogens is 192 g/mol. The van der Waals surface area contributed by atoms with Crippen LogP contribution in [0.1, 0.15) is 96.8 Å². The minimum atomic E-state index is 1.37. The smallest absolute Gasteiger partial charge is 0.0241 e. The van der Waals surface area contributed by atoms with Gasteiger partial charge in [-0.1, -0.05) is 77.6 Å². The lowest BCUT2D eigenvalue weighted by Gasteiger charge is -2.20. The molecule has 0 aromatic rings. The fourth-order valence-electron chi connectivity index (χ4n) is 2.81. The van der Waals surface area contributed by atoms with Gasteiger partial charge in [0.05, 0.1) is 0 Å². The Hall–Kier alpha value is 0. The van der Waals surface area contributed by atoms with Crippen molar-refractivity contribution in [3.8, 4) is 0 Å². The van der Waals surface area contributed by atoms with Crippen molar-refractivity contribution in [3.63, 3.8) is 0 Å². The second-order valence-corrected chi connectivity index (χ2v) is 5.54. The SMILES string of the molecule is CCCCCCCCCC[C]1CCCCC1. The highest BCUT2D eigenvalue weighted by atomic mass is 14.2. The molecule has 0 heterocycles. The van der Waals surface area contributed by atoms with Gasteiger partial charge in [0.2, 0.25) is 0 Å². The summed E-state index contributed by atoms with van der Waals surface area (Å²) in [6.07, 6.45) is 20.5. The first-order chi connectivity index (χ1) is 7.93. The van der Waals surface area contributed by atoms with E-state index in [9.17, 15) is 0 Å². The Morgan fingerprint density at radius 2 is 1.25 bits per heavy atom. The van der Waals surface area contributed by atoms with Gasteiger partial charge in [-0.2, -0.15) is 0 Å². The van der Waals surface area contributed by atoms with E-state index in [1.165, 1.54) is 89.9 Å². The quantitative estimate of drug-likeness (QED) is 0.417. The summed E-state index contributed by atoms with van der Waals surface area (Å²) in [4.78, 5) is 0.